The highest BCUT2D eigenvalue weighted by Gasteiger charge is 2.21. The monoisotopic (exact) mass is 234 g/mol. The third-order valence-corrected chi connectivity index (χ3v) is 3.32. The first kappa shape index (κ1) is 11.9. The van der Waals surface area contributed by atoms with Crippen LogP contribution in [0.15, 0.2) is 18.2 Å². The molecule has 0 bridgehead atoms. The Labute approximate surface area is 100 Å². The summed E-state index contributed by atoms with van der Waals surface area (Å²) in [7, 11) is 0. The lowest BCUT2D eigenvalue weighted by Gasteiger charge is -2.33. The molecule has 0 aliphatic carbocycles. The van der Waals surface area contributed by atoms with Crippen LogP contribution in [0.3, 0.4) is 0 Å². The molecule has 0 aromatic heterocycles. The van der Waals surface area contributed by atoms with Crippen LogP contribution in [0.4, 0.5) is 10.1 Å². The number of aliphatic hydroxyl groups excluding tert-OH is 1. The predicted molar refractivity (Wildman–Crippen MR) is 63.1 cm³/mol. The summed E-state index contributed by atoms with van der Waals surface area (Å²) in [6.07, 6.45) is 1.77. The molecule has 0 amide bonds. The third-order valence-electron chi connectivity index (χ3n) is 3.32. The largest absolute Gasteiger partial charge is 0.396 e. The molecule has 17 heavy (non-hydrogen) atoms. The predicted octanol–water partition coefficient (Wildman–Crippen LogP) is 1.91. The number of hydrogen-bond donors (Lipinski definition) is 1. The van der Waals surface area contributed by atoms with E-state index < -0.39 is 5.82 Å². The van der Waals surface area contributed by atoms with Crippen molar-refractivity contribution in [1.29, 1.82) is 5.26 Å². The summed E-state index contributed by atoms with van der Waals surface area (Å²) >= 11 is 0. The van der Waals surface area contributed by atoms with E-state index in [0.717, 1.165) is 25.9 Å². The van der Waals surface area contributed by atoms with Gasteiger partial charge in [-0.15, -0.1) is 0 Å². The smallest absolute Gasteiger partial charge is 0.143 e. The van der Waals surface area contributed by atoms with Gasteiger partial charge in [-0.3, -0.25) is 0 Å². The molecule has 1 aliphatic heterocycles. The van der Waals surface area contributed by atoms with Crippen molar-refractivity contribution in [2.75, 3.05) is 24.6 Å². The van der Waals surface area contributed by atoms with E-state index in [1.165, 1.54) is 6.07 Å². The summed E-state index contributed by atoms with van der Waals surface area (Å²) in [6.45, 7) is 1.74. The highest BCUT2D eigenvalue weighted by atomic mass is 19.1. The first-order chi connectivity index (χ1) is 8.26. The minimum Gasteiger partial charge on any atom is -0.396 e. The van der Waals surface area contributed by atoms with Crippen LogP contribution < -0.4 is 4.90 Å². The van der Waals surface area contributed by atoms with E-state index >= 15 is 0 Å². The van der Waals surface area contributed by atoms with E-state index in [2.05, 4.69) is 0 Å². The normalized spacial score (nSPS) is 16.9. The molecular formula is C13H15FN2O. The maximum absolute atomic E-state index is 13.5. The Hall–Kier alpha value is -1.60. The zero-order valence-corrected chi connectivity index (χ0v) is 9.56. The van der Waals surface area contributed by atoms with Crippen molar-refractivity contribution in [2.24, 2.45) is 5.92 Å². The second-order valence-electron chi connectivity index (χ2n) is 4.36. The number of benzene rings is 1. The Bertz CT molecular complexity index is 434. The number of nitrogens with zero attached hydrogens (tertiary/aromatic N) is 2. The van der Waals surface area contributed by atoms with Crippen LogP contribution in [0.1, 0.15) is 18.4 Å². The molecule has 1 saturated heterocycles. The van der Waals surface area contributed by atoms with Crippen molar-refractivity contribution >= 4 is 5.69 Å². The standard InChI is InChI=1S/C13H15FN2O/c14-12-2-1-3-13(11(12)8-15)16-6-4-10(9-17)5-7-16/h1-3,10,17H,4-7,9H2. The molecule has 0 atom stereocenters. The van der Waals surface area contributed by atoms with Crippen molar-refractivity contribution in [1.82, 2.24) is 0 Å². The Morgan fingerprint density at radius 3 is 2.71 bits per heavy atom. The van der Waals surface area contributed by atoms with Gasteiger partial charge in [-0.2, -0.15) is 5.26 Å². The molecule has 0 radical (unpaired) electrons. The highest BCUT2D eigenvalue weighted by Crippen LogP contribution is 2.27. The zero-order chi connectivity index (χ0) is 12.3. The lowest BCUT2D eigenvalue weighted by atomic mass is 9.97. The lowest BCUT2D eigenvalue weighted by Crippen LogP contribution is -2.35. The molecule has 4 heteroatoms. The molecule has 1 heterocycles. The molecule has 0 spiro atoms. The second kappa shape index (κ2) is 5.15. The second-order valence-corrected chi connectivity index (χ2v) is 4.36. The van der Waals surface area contributed by atoms with Gasteiger partial charge in [0, 0.05) is 19.7 Å². The molecule has 1 N–H and O–H groups in total. The van der Waals surface area contributed by atoms with Crippen LogP contribution in [0.25, 0.3) is 0 Å². The maximum Gasteiger partial charge on any atom is 0.143 e. The van der Waals surface area contributed by atoms with Crippen LogP contribution in [-0.4, -0.2) is 24.8 Å². The van der Waals surface area contributed by atoms with Gasteiger partial charge in [-0.1, -0.05) is 6.07 Å². The Balaban J connectivity index is 2.19. The third kappa shape index (κ3) is 2.40. The molecule has 0 unspecified atom stereocenters. The summed E-state index contributed by atoms with van der Waals surface area (Å²) in [6, 6.07) is 6.64. The Kier molecular flexibility index (Phi) is 3.60. The molecule has 1 aromatic rings. The highest BCUT2D eigenvalue weighted by molar-refractivity contribution is 5.60. The van der Waals surface area contributed by atoms with Gasteiger partial charge in [0.2, 0.25) is 0 Å². The molecule has 3 nitrogen and oxygen atoms in total. The molecule has 0 saturated carbocycles. The molecule has 1 aromatic carbocycles. The molecule has 1 fully saturated rings. The van der Waals surface area contributed by atoms with Crippen molar-refractivity contribution in [2.45, 2.75) is 12.8 Å². The van der Waals surface area contributed by atoms with Crippen LogP contribution in [0, 0.1) is 23.1 Å². The van der Waals surface area contributed by atoms with Crippen molar-refractivity contribution in [3.05, 3.63) is 29.6 Å². The summed E-state index contributed by atoms with van der Waals surface area (Å²) in [5.74, 6) is -0.125. The fraction of sp³-hybridized carbons (Fsp3) is 0.462. The fourth-order valence-corrected chi connectivity index (χ4v) is 2.24. The first-order valence-corrected chi connectivity index (χ1v) is 5.80. The van der Waals surface area contributed by atoms with Crippen LogP contribution >= 0.6 is 0 Å². The van der Waals surface area contributed by atoms with E-state index in [0.29, 0.717) is 11.6 Å². The summed E-state index contributed by atoms with van der Waals surface area (Å²) in [5.41, 5.74) is 0.791. The summed E-state index contributed by atoms with van der Waals surface area (Å²) in [5, 5.41) is 18.0. The summed E-state index contributed by atoms with van der Waals surface area (Å²) < 4.78 is 13.5. The minimum absolute atomic E-state index is 0.120. The molecule has 90 valence electrons. The lowest BCUT2D eigenvalue weighted by molar-refractivity contribution is 0.203. The number of nitriles is 1. The topological polar surface area (TPSA) is 47.3 Å². The molecule has 1 aliphatic rings. The van der Waals surface area contributed by atoms with Crippen molar-refractivity contribution in [3.8, 4) is 6.07 Å². The first-order valence-electron chi connectivity index (χ1n) is 5.80. The van der Waals surface area contributed by atoms with Gasteiger partial charge < -0.3 is 10.0 Å². The maximum atomic E-state index is 13.5. The van der Waals surface area contributed by atoms with Gasteiger partial charge in [0.25, 0.3) is 0 Å². The summed E-state index contributed by atoms with van der Waals surface area (Å²) in [4.78, 5) is 2.02. The van der Waals surface area contributed by atoms with Crippen LogP contribution in [-0.2, 0) is 0 Å². The van der Waals surface area contributed by atoms with Gasteiger partial charge in [0.15, 0.2) is 0 Å². The van der Waals surface area contributed by atoms with E-state index in [1.54, 1.807) is 12.1 Å². The number of hydrogen-bond acceptors (Lipinski definition) is 3. The van der Waals surface area contributed by atoms with E-state index in [4.69, 9.17) is 10.4 Å². The van der Waals surface area contributed by atoms with Crippen LogP contribution in [0.2, 0.25) is 0 Å². The van der Waals surface area contributed by atoms with Crippen LogP contribution in [0.5, 0.6) is 0 Å². The number of rotatable bonds is 2. The Morgan fingerprint density at radius 2 is 2.12 bits per heavy atom. The number of anilines is 1. The minimum atomic E-state index is -0.464. The van der Waals surface area contributed by atoms with Gasteiger partial charge in [-0.25, -0.2) is 4.39 Å². The van der Waals surface area contributed by atoms with Crippen molar-refractivity contribution in [3.63, 3.8) is 0 Å². The SMILES string of the molecule is N#Cc1c(F)cccc1N1CCC(CO)CC1. The van der Waals surface area contributed by atoms with E-state index in [1.807, 2.05) is 11.0 Å². The number of halogens is 1. The van der Waals surface area contributed by atoms with Gasteiger partial charge in [0.1, 0.15) is 17.4 Å². The average Bonchev–Trinajstić information content (AvgIpc) is 2.38. The van der Waals surface area contributed by atoms with E-state index in [-0.39, 0.29) is 12.2 Å². The number of piperidine rings is 1. The quantitative estimate of drug-likeness (QED) is 0.850. The number of aliphatic hydroxyl groups is 1. The van der Waals surface area contributed by atoms with Gasteiger partial charge in [0.05, 0.1) is 5.69 Å². The average molecular weight is 234 g/mol. The van der Waals surface area contributed by atoms with Gasteiger partial charge in [-0.05, 0) is 30.9 Å². The van der Waals surface area contributed by atoms with Crippen molar-refractivity contribution < 1.29 is 9.50 Å². The Morgan fingerprint density at radius 1 is 1.41 bits per heavy atom. The zero-order valence-electron chi connectivity index (χ0n) is 9.56. The van der Waals surface area contributed by atoms with Gasteiger partial charge >= 0.3 is 0 Å². The molecular weight excluding hydrogens is 219 g/mol. The van der Waals surface area contributed by atoms with E-state index in [9.17, 15) is 4.39 Å². The molecule has 2 rings (SSSR count). The fourth-order valence-electron chi connectivity index (χ4n) is 2.24.